The summed E-state index contributed by atoms with van der Waals surface area (Å²) in [6.45, 7) is 0.313. The van der Waals surface area contributed by atoms with Gasteiger partial charge in [-0.25, -0.2) is 0 Å². The first-order chi connectivity index (χ1) is 10.0. The summed E-state index contributed by atoms with van der Waals surface area (Å²) >= 11 is 5.95. The van der Waals surface area contributed by atoms with Crippen LogP contribution < -0.4 is 10.5 Å². The summed E-state index contributed by atoms with van der Waals surface area (Å²) in [4.78, 5) is 10.1. The number of halogens is 1. The molecule has 2 N–H and O–H groups in total. The molecule has 0 radical (unpaired) electrons. The van der Waals surface area contributed by atoms with Crippen LogP contribution in [0, 0.1) is 21.4 Å². The van der Waals surface area contributed by atoms with Crippen molar-refractivity contribution >= 4 is 17.3 Å². The minimum absolute atomic E-state index is 0.0935. The molecule has 21 heavy (non-hydrogen) atoms. The normalized spacial score (nSPS) is 9.95. The molecule has 106 valence electrons. The largest absolute Gasteiger partial charge is 0.454 e. The van der Waals surface area contributed by atoms with Crippen molar-refractivity contribution in [1.82, 2.24) is 0 Å². The third-order valence-electron chi connectivity index (χ3n) is 2.75. The number of ether oxygens (including phenoxy) is 1. The van der Waals surface area contributed by atoms with Crippen LogP contribution in [0.1, 0.15) is 11.1 Å². The van der Waals surface area contributed by atoms with Gasteiger partial charge in [-0.3, -0.25) is 10.1 Å². The quantitative estimate of drug-likeness (QED) is 0.689. The Balaban J connectivity index is 2.34. The zero-order chi connectivity index (χ0) is 15.4. The van der Waals surface area contributed by atoms with Gasteiger partial charge in [0.05, 0.1) is 15.5 Å². The van der Waals surface area contributed by atoms with E-state index in [-0.39, 0.29) is 16.5 Å². The fourth-order valence-electron chi connectivity index (χ4n) is 1.69. The highest BCUT2D eigenvalue weighted by molar-refractivity contribution is 6.32. The van der Waals surface area contributed by atoms with E-state index >= 15 is 0 Å². The number of nitro groups is 1. The Bertz CT molecular complexity index is 741. The van der Waals surface area contributed by atoms with E-state index in [4.69, 9.17) is 27.3 Å². The third-order valence-corrected chi connectivity index (χ3v) is 3.04. The maximum atomic E-state index is 10.6. The van der Waals surface area contributed by atoms with Crippen LogP contribution in [0.5, 0.6) is 11.5 Å². The van der Waals surface area contributed by atoms with Crippen LogP contribution in [-0.2, 0) is 6.54 Å². The summed E-state index contributed by atoms with van der Waals surface area (Å²) in [6.07, 6.45) is 0. The second-order valence-electron chi connectivity index (χ2n) is 4.12. The van der Waals surface area contributed by atoms with Gasteiger partial charge in [0, 0.05) is 18.7 Å². The Morgan fingerprint density at radius 1 is 1.29 bits per heavy atom. The first kappa shape index (κ1) is 14.8. The number of nitro benzene ring substituents is 1. The van der Waals surface area contributed by atoms with Crippen molar-refractivity contribution in [3.63, 3.8) is 0 Å². The molecular formula is C14H10ClN3O3. The summed E-state index contributed by atoms with van der Waals surface area (Å²) in [5.74, 6) is 0.546. The topological polar surface area (TPSA) is 102 Å². The van der Waals surface area contributed by atoms with E-state index < -0.39 is 4.92 Å². The average Bonchev–Trinajstić information content (AvgIpc) is 2.49. The first-order valence-corrected chi connectivity index (χ1v) is 6.28. The van der Waals surface area contributed by atoms with Crippen molar-refractivity contribution in [2.24, 2.45) is 5.73 Å². The molecule has 0 fully saturated rings. The van der Waals surface area contributed by atoms with E-state index in [1.165, 1.54) is 18.2 Å². The molecule has 0 aliphatic rings. The number of benzene rings is 2. The van der Waals surface area contributed by atoms with Crippen molar-refractivity contribution in [1.29, 1.82) is 5.26 Å². The Labute approximate surface area is 125 Å². The van der Waals surface area contributed by atoms with Crippen LogP contribution in [-0.4, -0.2) is 4.92 Å². The van der Waals surface area contributed by atoms with Gasteiger partial charge in [0.1, 0.15) is 17.6 Å². The number of nitrogens with two attached hydrogens (primary N) is 1. The van der Waals surface area contributed by atoms with Crippen molar-refractivity contribution in [3.8, 4) is 17.6 Å². The minimum Gasteiger partial charge on any atom is -0.454 e. The molecule has 0 bridgehead atoms. The molecule has 0 atom stereocenters. The minimum atomic E-state index is -0.549. The molecule has 0 spiro atoms. The van der Waals surface area contributed by atoms with Crippen molar-refractivity contribution < 1.29 is 9.66 Å². The molecule has 0 aliphatic carbocycles. The second kappa shape index (κ2) is 6.22. The number of hydrogen-bond donors (Lipinski definition) is 1. The number of nitriles is 1. The highest BCUT2D eigenvalue weighted by Gasteiger charge is 2.12. The lowest BCUT2D eigenvalue weighted by atomic mass is 10.1. The van der Waals surface area contributed by atoms with Crippen molar-refractivity contribution in [2.45, 2.75) is 6.54 Å². The molecular weight excluding hydrogens is 294 g/mol. The SMILES string of the molecule is N#Cc1cc(CN)ccc1Oc1ccc([N+](=O)[O-])cc1Cl. The summed E-state index contributed by atoms with van der Waals surface area (Å²) in [5, 5.41) is 19.8. The van der Waals surface area contributed by atoms with E-state index in [9.17, 15) is 10.1 Å². The van der Waals surface area contributed by atoms with Gasteiger partial charge in [-0.1, -0.05) is 17.7 Å². The lowest BCUT2D eigenvalue weighted by Gasteiger charge is -2.09. The van der Waals surface area contributed by atoms with Crippen LogP contribution in [0.15, 0.2) is 36.4 Å². The fourth-order valence-corrected chi connectivity index (χ4v) is 1.90. The van der Waals surface area contributed by atoms with Gasteiger partial charge in [0.15, 0.2) is 0 Å². The van der Waals surface area contributed by atoms with Gasteiger partial charge in [-0.15, -0.1) is 0 Å². The van der Waals surface area contributed by atoms with Gasteiger partial charge < -0.3 is 10.5 Å². The molecule has 0 saturated carbocycles. The van der Waals surface area contributed by atoms with E-state index in [0.717, 1.165) is 5.56 Å². The van der Waals surface area contributed by atoms with Gasteiger partial charge >= 0.3 is 0 Å². The maximum absolute atomic E-state index is 10.6. The van der Waals surface area contributed by atoms with Crippen LogP contribution in [0.2, 0.25) is 5.02 Å². The van der Waals surface area contributed by atoms with Crippen molar-refractivity contribution in [3.05, 3.63) is 62.7 Å². The number of nitrogens with zero attached hydrogens (tertiary/aromatic N) is 2. The van der Waals surface area contributed by atoms with Crippen LogP contribution in [0.25, 0.3) is 0 Å². The average molecular weight is 304 g/mol. The highest BCUT2D eigenvalue weighted by Crippen LogP contribution is 2.33. The molecule has 0 unspecified atom stereocenters. The molecule has 0 aliphatic heterocycles. The molecule has 7 heteroatoms. The molecule has 2 aromatic carbocycles. The van der Waals surface area contributed by atoms with Crippen molar-refractivity contribution in [2.75, 3.05) is 0 Å². The molecule has 0 heterocycles. The Morgan fingerprint density at radius 3 is 2.57 bits per heavy atom. The standard InChI is InChI=1S/C14H10ClN3O3/c15-12-6-11(18(19)20)2-4-14(12)21-13-3-1-9(7-16)5-10(13)8-17/h1-6H,7,16H2. The zero-order valence-corrected chi connectivity index (χ0v) is 11.5. The third kappa shape index (κ3) is 3.28. The van der Waals surface area contributed by atoms with E-state index in [2.05, 4.69) is 0 Å². The van der Waals surface area contributed by atoms with E-state index in [1.807, 2.05) is 6.07 Å². The maximum Gasteiger partial charge on any atom is 0.271 e. The van der Waals surface area contributed by atoms with E-state index in [0.29, 0.717) is 17.9 Å². The lowest BCUT2D eigenvalue weighted by Crippen LogP contribution is -1.98. The fraction of sp³-hybridized carbons (Fsp3) is 0.0714. The lowest BCUT2D eigenvalue weighted by molar-refractivity contribution is -0.384. The first-order valence-electron chi connectivity index (χ1n) is 5.90. The molecule has 0 amide bonds. The number of non-ortho nitro benzene ring substituents is 1. The Kier molecular flexibility index (Phi) is 4.38. The summed E-state index contributed by atoms with van der Waals surface area (Å²) < 4.78 is 5.55. The summed E-state index contributed by atoms with van der Waals surface area (Å²) in [5.41, 5.74) is 6.49. The van der Waals surface area contributed by atoms with Gasteiger partial charge in [-0.2, -0.15) is 5.26 Å². The highest BCUT2D eigenvalue weighted by atomic mass is 35.5. The summed E-state index contributed by atoms with van der Waals surface area (Å²) in [7, 11) is 0. The molecule has 2 rings (SSSR count). The molecule has 6 nitrogen and oxygen atoms in total. The second-order valence-corrected chi connectivity index (χ2v) is 4.53. The number of rotatable bonds is 4. The Hall–Kier alpha value is -2.62. The monoisotopic (exact) mass is 303 g/mol. The van der Waals surface area contributed by atoms with Gasteiger partial charge in [-0.05, 0) is 23.8 Å². The van der Waals surface area contributed by atoms with Crippen LogP contribution >= 0.6 is 11.6 Å². The van der Waals surface area contributed by atoms with E-state index in [1.54, 1.807) is 18.2 Å². The summed E-state index contributed by atoms with van der Waals surface area (Å²) in [6, 6.07) is 10.8. The smallest absolute Gasteiger partial charge is 0.271 e. The van der Waals surface area contributed by atoms with Gasteiger partial charge in [0.2, 0.25) is 0 Å². The van der Waals surface area contributed by atoms with Gasteiger partial charge in [0.25, 0.3) is 5.69 Å². The molecule has 0 saturated heterocycles. The van der Waals surface area contributed by atoms with Crippen LogP contribution in [0.3, 0.4) is 0 Å². The zero-order valence-electron chi connectivity index (χ0n) is 10.7. The Morgan fingerprint density at radius 2 is 2.00 bits per heavy atom. The predicted octanol–water partition coefficient (Wildman–Crippen LogP) is 3.37. The van der Waals surface area contributed by atoms with Crippen LogP contribution in [0.4, 0.5) is 5.69 Å². The molecule has 2 aromatic rings. The predicted molar refractivity (Wildman–Crippen MR) is 77.2 cm³/mol. The molecule has 0 aromatic heterocycles. The number of hydrogen-bond acceptors (Lipinski definition) is 5.